The molecule has 7 nitrogen and oxygen atoms in total. The molecular weight excluding hydrogens is 232 g/mol. The molecule has 1 aromatic heterocycles. The van der Waals surface area contributed by atoms with Crippen molar-refractivity contribution in [2.75, 3.05) is 0 Å². The maximum Gasteiger partial charge on any atom is 0.328 e. The van der Waals surface area contributed by atoms with Gasteiger partial charge in [0.2, 0.25) is 5.96 Å². The van der Waals surface area contributed by atoms with E-state index in [4.69, 9.17) is 11.6 Å². The first kappa shape index (κ1) is 12.2. The third-order valence-corrected chi connectivity index (χ3v) is 3.09. The van der Waals surface area contributed by atoms with Crippen LogP contribution in [0.25, 0.3) is 12.2 Å². The highest BCUT2D eigenvalue weighted by Crippen LogP contribution is 2.04. The van der Waals surface area contributed by atoms with E-state index >= 15 is 0 Å². The smallest absolute Gasteiger partial charge is 0.328 e. The first-order valence-electron chi connectivity index (χ1n) is 5.53. The van der Waals surface area contributed by atoms with E-state index in [2.05, 4.69) is 10.1 Å². The highest BCUT2D eigenvalue weighted by molar-refractivity contribution is 6.18. The molecule has 1 aromatic rings. The van der Waals surface area contributed by atoms with Crippen LogP contribution in [-0.4, -0.2) is 20.8 Å². The van der Waals surface area contributed by atoms with Gasteiger partial charge < -0.3 is 11.6 Å². The van der Waals surface area contributed by atoms with Gasteiger partial charge in [-0.25, -0.2) is 9.79 Å². The van der Waals surface area contributed by atoms with Gasteiger partial charge in [0.05, 0.1) is 16.4 Å². The van der Waals surface area contributed by atoms with Crippen LogP contribution >= 0.6 is 0 Å². The molecule has 2 rings (SSSR count). The number of hydrazone groups is 1. The Morgan fingerprint density at radius 2 is 1.94 bits per heavy atom. The third kappa shape index (κ3) is 1.73. The Bertz CT molecular complexity index is 718. The number of hydrogen-bond acceptors (Lipinski definition) is 3. The predicted octanol–water partition coefficient (Wildman–Crippen LogP) is -2.44. The topological polar surface area (TPSA) is 104 Å². The van der Waals surface area contributed by atoms with Gasteiger partial charge in [-0.15, -0.1) is 5.10 Å². The molecule has 1 heterocycles. The monoisotopic (exact) mass is 248 g/mol. The van der Waals surface area contributed by atoms with Gasteiger partial charge in [-0.3, -0.25) is 9.13 Å². The Hall–Kier alpha value is -2.31. The van der Waals surface area contributed by atoms with Gasteiger partial charge in [0, 0.05) is 20.0 Å². The average Bonchev–Trinajstić information content (AvgIpc) is 2.55. The van der Waals surface area contributed by atoms with Crippen LogP contribution < -0.4 is 28.0 Å². The van der Waals surface area contributed by atoms with E-state index in [1.54, 1.807) is 23.2 Å². The van der Waals surface area contributed by atoms with Crippen molar-refractivity contribution in [3.8, 4) is 0 Å². The van der Waals surface area contributed by atoms with Crippen LogP contribution in [0.15, 0.2) is 14.9 Å². The lowest BCUT2D eigenvalue weighted by Crippen LogP contribution is -2.38. The quantitative estimate of drug-likeness (QED) is 0.231. The molecule has 1 atom stereocenters. The lowest BCUT2D eigenvalue weighted by Gasteiger charge is -2.10. The molecule has 0 saturated heterocycles. The number of guanidine groups is 1. The molecule has 1 aliphatic rings. The lowest BCUT2D eigenvalue weighted by molar-refractivity contribution is 0.761. The first-order chi connectivity index (χ1) is 8.45. The van der Waals surface area contributed by atoms with Crippen LogP contribution in [0.2, 0.25) is 0 Å². The number of fused-ring (bicyclic) bond motifs is 1. The fourth-order valence-electron chi connectivity index (χ4n) is 2.03. The first-order valence-corrected chi connectivity index (χ1v) is 5.53. The van der Waals surface area contributed by atoms with Gasteiger partial charge in [-0.2, -0.15) is 0 Å². The number of aromatic nitrogens is 2. The predicted molar refractivity (Wildman–Crippen MR) is 71.2 cm³/mol. The van der Waals surface area contributed by atoms with E-state index in [0.717, 1.165) is 16.4 Å². The van der Waals surface area contributed by atoms with Gasteiger partial charge in [-0.05, 0) is 12.2 Å². The average molecular weight is 248 g/mol. The molecule has 96 valence electrons. The normalized spacial score (nSPS) is 21.4. The highest BCUT2D eigenvalue weighted by atomic mass is 16.1. The fraction of sp³-hybridized carbons (Fsp3) is 0.364. The Kier molecular flexibility index (Phi) is 2.82. The molecule has 0 aliphatic heterocycles. The second-order valence-electron chi connectivity index (χ2n) is 4.29. The van der Waals surface area contributed by atoms with Crippen molar-refractivity contribution in [1.29, 1.82) is 0 Å². The van der Waals surface area contributed by atoms with Gasteiger partial charge >= 0.3 is 5.69 Å². The van der Waals surface area contributed by atoms with E-state index in [1.807, 2.05) is 19.1 Å². The summed E-state index contributed by atoms with van der Waals surface area (Å²) in [6.45, 7) is 1.97. The van der Waals surface area contributed by atoms with E-state index in [0.29, 0.717) is 0 Å². The van der Waals surface area contributed by atoms with Crippen LogP contribution in [0.1, 0.15) is 6.92 Å². The highest BCUT2D eigenvalue weighted by Gasteiger charge is 2.15. The van der Waals surface area contributed by atoms with E-state index in [-0.39, 0.29) is 17.6 Å². The van der Waals surface area contributed by atoms with Gasteiger partial charge in [0.1, 0.15) is 0 Å². The van der Waals surface area contributed by atoms with Crippen LogP contribution in [-0.2, 0) is 14.1 Å². The number of nitrogens with two attached hydrogens (primary N) is 2. The molecule has 4 N–H and O–H groups in total. The number of aliphatic imine (C=N–C) groups is 1. The fourth-order valence-corrected chi connectivity index (χ4v) is 2.03. The summed E-state index contributed by atoms with van der Waals surface area (Å²) in [5.74, 6) is 5.13. The number of imidazole rings is 1. The van der Waals surface area contributed by atoms with Crippen molar-refractivity contribution in [3.63, 3.8) is 0 Å². The molecule has 0 bridgehead atoms. The summed E-state index contributed by atoms with van der Waals surface area (Å²) >= 11 is 0. The Labute approximate surface area is 103 Å². The van der Waals surface area contributed by atoms with Crippen molar-refractivity contribution >= 4 is 23.8 Å². The number of hydrogen-bond donors (Lipinski definition) is 2. The largest absolute Gasteiger partial charge is 0.367 e. The Morgan fingerprint density at radius 1 is 1.33 bits per heavy atom. The minimum absolute atomic E-state index is 0.0193. The van der Waals surface area contributed by atoms with Crippen molar-refractivity contribution in [2.45, 2.75) is 6.92 Å². The molecule has 7 heteroatoms. The van der Waals surface area contributed by atoms with Crippen LogP contribution in [0.4, 0.5) is 0 Å². The van der Waals surface area contributed by atoms with E-state index in [9.17, 15) is 4.79 Å². The molecule has 0 radical (unpaired) electrons. The molecule has 0 aromatic carbocycles. The number of rotatable bonds is 0. The second-order valence-corrected chi connectivity index (χ2v) is 4.29. The van der Waals surface area contributed by atoms with Crippen molar-refractivity contribution in [1.82, 2.24) is 9.13 Å². The zero-order valence-corrected chi connectivity index (χ0v) is 10.6. The minimum atomic E-state index is -0.0681. The molecule has 1 aliphatic carbocycles. The lowest BCUT2D eigenvalue weighted by atomic mass is 10.0. The summed E-state index contributed by atoms with van der Waals surface area (Å²) in [5.41, 5.74) is 6.15. The maximum absolute atomic E-state index is 11.8. The zero-order chi connectivity index (χ0) is 13.4. The second kappa shape index (κ2) is 4.17. The standard InChI is InChI=1S/C11H16N6O/c1-6-4-8-9(17(3)11(18)16(8)2)5-7(6)14-10(12)15-13/h4-6H,13H2,1-3H3,(H2,12,15). The van der Waals surface area contributed by atoms with Gasteiger partial charge in [0.25, 0.3) is 0 Å². The van der Waals surface area contributed by atoms with E-state index < -0.39 is 0 Å². The summed E-state index contributed by atoms with van der Waals surface area (Å²) in [6, 6.07) is 0. The molecular formula is C11H16N6O. The number of nitrogens with zero attached hydrogens (tertiary/aromatic N) is 4. The summed E-state index contributed by atoms with van der Waals surface area (Å²) in [7, 11) is 3.47. The summed E-state index contributed by atoms with van der Waals surface area (Å²) < 4.78 is 3.18. The summed E-state index contributed by atoms with van der Waals surface area (Å²) in [4.78, 5) is 15.9. The Morgan fingerprint density at radius 3 is 2.56 bits per heavy atom. The SMILES string of the molecule is CC1C=c2c(n(C)c(=O)n2C)=CC1=NC(N)=NN. The zero-order valence-electron chi connectivity index (χ0n) is 10.6. The van der Waals surface area contributed by atoms with Crippen LogP contribution in [0, 0.1) is 5.92 Å². The van der Waals surface area contributed by atoms with Crippen molar-refractivity contribution in [2.24, 2.45) is 41.7 Å². The van der Waals surface area contributed by atoms with Crippen molar-refractivity contribution < 1.29 is 0 Å². The summed E-state index contributed by atoms with van der Waals surface area (Å²) in [5, 5.41) is 5.01. The summed E-state index contributed by atoms with van der Waals surface area (Å²) in [6.07, 6.45) is 3.80. The molecule has 18 heavy (non-hydrogen) atoms. The van der Waals surface area contributed by atoms with Crippen LogP contribution in [0.3, 0.4) is 0 Å². The molecule has 0 amide bonds. The van der Waals surface area contributed by atoms with Crippen molar-refractivity contribution in [3.05, 3.63) is 21.2 Å². The minimum Gasteiger partial charge on any atom is -0.367 e. The molecule has 0 fully saturated rings. The van der Waals surface area contributed by atoms with E-state index in [1.165, 1.54) is 0 Å². The molecule has 0 spiro atoms. The van der Waals surface area contributed by atoms with Gasteiger partial charge in [0.15, 0.2) is 0 Å². The van der Waals surface area contributed by atoms with Crippen LogP contribution in [0.5, 0.6) is 0 Å². The maximum atomic E-state index is 11.8. The molecule has 1 unspecified atom stereocenters. The van der Waals surface area contributed by atoms with Gasteiger partial charge in [-0.1, -0.05) is 6.92 Å². The Balaban J connectivity index is 2.75. The molecule has 0 saturated carbocycles. The third-order valence-electron chi connectivity index (χ3n) is 3.09.